The first-order chi connectivity index (χ1) is 21.4. The van der Waals surface area contributed by atoms with Crippen LogP contribution in [0.2, 0.25) is 10.0 Å². The monoisotopic (exact) mass is 622 g/mol. The van der Waals surface area contributed by atoms with Gasteiger partial charge < -0.3 is 19.3 Å². The highest BCUT2D eigenvalue weighted by Gasteiger charge is 2.33. The van der Waals surface area contributed by atoms with Crippen molar-refractivity contribution >= 4 is 51.9 Å². The van der Waals surface area contributed by atoms with E-state index in [1.165, 1.54) is 7.11 Å². The first-order valence-corrected chi connectivity index (χ1v) is 15.4. The Morgan fingerprint density at radius 2 is 1.27 bits per heavy atom. The molecule has 0 bridgehead atoms. The lowest BCUT2D eigenvalue weighted by Gasteiger charge is -2.33. The van der Waals surface area contributed by atoms with Crippen LogP contribution in [0.25, 0.3) is 0 Å². The van der Waals surface area contributed by atoms with Gasteiger partial charge in [0.25, 0.3) is 0 Å². The first-order valence-electron chi connectivity index (χ1n) is 14.6. The van der Waals surface area contributed by atoms with E-state index in [-0.39, 0.29) is 11.9 Å². The molecule has 0 saturated heterocycles. The summed E-state index contributed by atoms with van der Waals surface area (Å²) in [5.41, 5.74) is 7.16. The fourth-order valence-corrected chi connectivity index (χ4v) is 6.17. The summed E-state index contributed by atoms with van der Waals surface area (Å²) >= 11 is 12.5. The third-order valence-electron chi connectivity index (χ3n) is 8.07. The molecule has 5 aromatic carbocycles. The smallest absolute Gasteiger partial charge is 0.338 e. The molecule has 0 radical (unpaired) electrons. The Morgan fingerprint density at radius 1 is 0.682 bits per heavy atom. The Hall–Kier alpha value is -4.45. The molecule has 0 saturated carbocycles. The van der Waals surface area contributed by atoms with E-state index in [9.17, 15) is 4.79 Å². The van der Waals surface area contributed by atoms with Crippen LogP contribution in [0.3, 0.4) is 0 Å². The van der Waals surface area contributed by atoms with E-state index in [1.807, 2.05) is 84.9 Å². The van der Waals surface area contributed by atoms with Crippen molar-refractivity contribution < 1.29 is 14.3 Å². The van der Waals surface area contributed by atoms with E-state index >= 15 is 0 Å². The van der Waals surface area contributed by atoms with Crippen LogP contribution in [0.15, 0.2) is 109 Å². The second kappa shape index (κ2) is 12.7. The molecule has 5 nitrogen and oxygen atoms in total. The lowest BCUT2D eigenvalue weighted by atomic mass is 9.80. The van der Waals surface area contributed by atoms with Gasteiger partial charge >= 0.3 is 5.97 Å². The van der Waals surface area contributed by atoms with E-state index in [0.717, 1.165) is 64.0 Å². The third kappa shape index (κ3) is 5.61. The molecule has 0 aromatic heterocycles. The zero-order chi connectivity index (χ0) is 30.8. The molecule has 222 valence electrons. The minimum Gasteiger partial charge on any atom is -0.465 e. The first kappa shape index (κ1) is 29.6. The van der Waals surface area contributed by atoms with Crippen LogP contribution in [0.4, 0.5) is 22.7 Å². The predicted octanol–water partition coefficient (Wildman–Crippen LogP) is 10.4. The number of benzene rings is 5. The van der Waals surface area contributed by atoms with Crippen molar-refractivity contribution in [2.45, 2.75) is 19.8 Å². The average Bonchev–Trinajstić information content (AvgIpc) is 3.05. The highest BCUT2D eigenvalue weighted by molar-refractivity contribution is 6.31. The molecule has 0 aliphatic carbocycles. The standard InChI is InChI=1S/C37H32Cl2N2O3/c1-4-40(5-2)28-18-20-32-35(23-28)44-34-21-19-29(22-33(34)36(32)30-8-6-7-9-31(30)37(42)43-3)41(26-14-10-24(38)11-15-26)27-16-12-25(39)13-17-27/h6-23,36H,4-5H2,1-3H3. The van der Waals surface area contributed by atoms with Gasteiger partial charge in [0.15, 0.2) is 0 Å². The van der Waals surface area contributed by atoms with E-state index in [0.29, 0.717) is 15.6 Å². The fraction of sp³-hybridized carbons (Fsp3) is 0.162. The highest BCUT2D eigenvalue weighted by Crippen LogP contribution is 2.51. The van der Waals surface area contributed by atoms with E-state index in [1.54, 1.807) is 0 Å². The van der Waals surface area contributed by atoms with Gasteiger partial charge in [-0.3, -0.25) is 0 Å². The number of methoxy groups -OCH3 is 1. The van der Waals surface area contributed by atoms with Gasteiger partial charge in [-0.2, -0.15) is 0 Å². The summed E-state index contributed by atoms with van der Waals surface area (Å²) in [7, 11) is 1.41. The number of rotatable bonds is 8. The molecule has 0 fully saturated rings. The largest absolute Gasteiger partial charge is 0.465 e. The van der Waals surface area contributed by atoms with Crippen LogP contribution in [0, 0.1) is 0 Å². The number of hydrogen-bond donors (Lipinski definition) is 0. The molecule has 7 heteroatoms. The molecule has 1 heterocycles. The minimum absolute atomic E-state index is 0.285. The number of hydrogen-bond acceptors (Lipinski definition) is 5. The summed E-state index contributed by atoms with van der Waals surface area (Å²) in [6.07, 6.45) is 0. The Morgan fingerprint density at radius 3 is 1.89 bits per heavy atom. The molecule has 5 aromatic rings. The summed E-state index contributed by atoms with van der Waals surface area (Å²) in [4.78, 5) is 17.5. The maximum Gasteiger partial charge on any atom is 0.338 e. The second-order valence-electron chi connectivity index (χ2n) is 10.5. The van der Waals surface area contributed by atoms with Crippen molar-refractivity contribution in [3.63, 3.8) is 0 Å². The molecule has 6 rings (SSSR count). The van der Waals surface area contributed by atoms with Gasteiger partial charge in [0.1, 0.15) is 11.5 Å². The normalized spacial score (nSPS) is 13.3. The molecule has 1 atom stereocenters. The Bertz CT molecular complexity index is 1760. The topological polar surface area (TPSA) is 42.0 Å². The van der Waals surface area contributed by atoms with E-state index in [4.69, 9.17) is 32.7 Å². The van der Waals surface area contributed by atoms with Crippen molar-refractivity contribution in [3.8, 4) is 11.5 Å². The van der Waals surface area contributed by atoms with Gasteiger partial charge in [0.05, 0.1) is 12.7 Å². The van der Waals surface area contributed by atoms with Crippen LogP contribution < -0.4 is 14.5 Å². The second-order valence-corrected chi connectivity index (χ2v) is 11.4. The summed E-state index contributed by atoms with van der Waals surface area (Å²) in [6, 6.07) is 35.6. The number of halogens is 2. The quantitative estimate of drug-likeness (QED) is 0.158. The van der Waals surface area contributed by atoms with Gasteiger partial charge in [0, 0.05) is 69.0 Å². The lowest BCUT2D eigenvalue weighted by Crippen LogP contribution is -2.22. The van der Waals surface area contributed by atoms with E-state index < -0.39 is 0 Å². The molecule has 1 unspecified atom stereocenters. The molecular weight excluding hydrogens is 591 g/mol. The van der Waals surface area contributed by atoms with Crippen molar-refractivity contribution in [2.75, 3.05) is 30.0 Å². The summed E-state index contributed by atoms with van der Waals surface area (Å²) in [5, 5.41) is 1.31. The van der Waals surface area contributed by atoms with Crippen LogP contribution in [0.1, 0.15) is 46.8 Å². The predicted molar refractivity (Wildman–Crippen MR) is 180 cm³/mol. The van der Waals surface area contributed by atoms with Crippen molar-refractivity contribution in [2.24, 2.45) is 0 Å². The van der Waals surface area contributed by atoms with Crippen LogP contribution >= 0.6 is 23.2 Å². The molecule has 0 amide bonds. The molecule has 0 spiro atoms. The molecule has 1 aliphatic rings. The number of carbonyl (C=O) groups is 1. The number of ether oxygens (including phenoxy) is 2. The summed E-state index contributed by atoms with van der Waals surface area (Å²) in [6.45, 7) is 6.05. The van der Waals surface area contributed by atoms with Crippen LogP contribution in [0.5, 0.6) is 11.5 Å². The van der Waals surface area contributed by atoms with Gasteiger partial charge in [0.2, 0.25) is 0 Å². The number of fused-ring (bicyclic) bond motifs is 2. The zero-order valence-electron chi connectivity index (χ0n) is 24.8. The zero-order valence-corrected chi connectivity index (χ0v) is 26.3. The molecular formula is C37H32Cl2N2O3. The van der Waals surface area contributed by atoms with Gasteiger partial charge in [-0.1, -0.05) is 47.5 Å². The third-order valence-corrected chi connectivity index (χ3v) is 8.57. The van der Waals surface area contributed by atoms with Crippen molar-refractivity contribution in [3.05, 3.63) is 141 Å². The average molecular weight is 624 g/mol. The van der Waals surface area contributed by atoms with Crippen LogP contribution in [-0.2, 0) is 4.74 Å². The SMILES string of the molecule is CCN(CC)c1ccc2c(c1)Oc1ccc(N(c3ccc(Cl)cc3)c3ccc(Cl)cc3)cc1C2c1ccccc1C(=O)OC. The van der Waals surface area contributed by atoms with Gasteiger partial charge in [-0.15, -0.1) is 0 Å². The maximum absolute atomic E-state index is 13.0. The summed E-state index contributed by atoms with van der Waals surface area (Å²) < 4.78 is 11.8. The molecule has 1 aliphatic heterocycles. The highest BCUT2D eigenvalue weighted by atomic mass is 35.5. The minimum atomic E-state index is -0.380. The Labute approximate surface area is 268 Å². The van der Waals surface area contributed by atoms with Gasteiger partial charge in [-0.25, -0.2) is 4.79 Å². The van der Waals surface area contributed by atoms with E-state index in [2.05, 4.69) is 47.9 Å². The maximum atomic E-state index is 13.0. The van der Waals surface area contributed by atoms with Gasteiger partial charge in [-0.05, 0) is 98.3 Å². The fourth-order valence-electron chi connectivity index (χ4n) is 5.92. The van der Waals surface area contributed by atoms with Crippen molar-refractivity contribution in [1.82, 2.24) is 0 Å². The summed E-state index contributed by atoms with van der Waals surface area (Å²) in [5.74, 6) is 0.837. The lowest BCUT2D eigenvalue weighted by molar-refractivity contribution is 0.0599. The number of anilines is 4. The number of nitrogens with zero attached hydrogens (tertiary/aromatic N) is 2. The number of carbonyl (C=O) groups excluding carboxylic acids is 1. The Kier molecular flexibility index (Phi) is 8.51. The van der Waals surface area contributed by atoms with Crippen LogP contribution in [-0.4, -0.2) is 26.2 Å². The Balaban J connectivity index is 1.56. The molecule has 44 heavy (non-hydrogen) atoms. The number of esters is 1. The van der Waals surface area contributed by atoms with Crippen molar-refractivity contribution in [1.29, 1.82) is 0 Å². The molecule has 0 N–H and O–H groups in total.